The van der Waals surface area contributed by atoms with Gasteiger partial charge in [-0.3, -0.25) is 5.10 Å². The number of H-pyrrole nitrogens is 1. The third-order valence-electron chi connectivity index (χ3n) is 9.56. The van der Waals surface area contributed by atoms with Crippen LogP contribution in [0.5, 0.6) is 0 Å². The van der Waals surface area contributed by atoms with Gasteiger partial charge in [0.2, 0.25) is 0 Å². The Morgan fingerprint density at radius 1 is 0.517 bits per heavy atom. The van der Waals surface area contributed by atoms with E-state index in [1.54, 1.807) is 121 Å². The van der Waals surface area contributed by atoms with E-state index >= 15 is 0 Å². The van der Waals surface area contributed by atoms with E-state index in [-0.39, 0.29) is 28.1 Å². The Labute approximate surface area is 332 Å². The number of fused-ring (bicyclic) bond motifs is 1. The molecule has 1 aromatic heterocycles. The van der Waals surface area contributed by atoms with Crippen LogP contribution in [-0.2, 0) is 23.7 Å². The number of carbonyl (C=O) groups excluding carboxylic acids is 4. The summed E-state index contributed by atoms with van der Waals surface area (Å²) in [6.45, 7) is -0.471. The fraction of sp³-hybridized carbons (Fsp3) is 0.130. The van der Waals surface area contributed by atoms with Crippen molar-refractivity contribution >= 4 is 34.6 Å². The van der Waals surface area contributed by atoms with Gasteiger partial charge in [0.15, 0.2) is 36.1 Å². The van der Waals surface area contributed by atoms with Crippen LogP contribution in [0.4, 0.5) is 0 Å². The Bertz CT molecular complexity index is 2530. The minimum atomic E-state index is -1.54. The van der Waals surface area contributed by atoms with Crippen molar-refractivity contribution in [2.75, 3.05) is 6.61 Å². The third-order valence-corrected chi connectivity index (χ3v) is 9.56. The molecule has 1 saturated heterocycles. The van der Waals surface area contributed by atoms with E-state index in [0.717, 1.165) is 10.8 Å². The number of hydrogen-bond acceptors (Lipinski definition) is 11. The fourth-order valence-corrected chi connectivity index (χ4v) is 6.65. The summed E-state index contributed by atoms with van der Waals surface area (Å²) in [5, 5.41) is 9.40. The first kappa shape index (κ1) is 37.5. The Balaban J connectivity index is 1.22. The molecule has 12 nitrogen and oxygen atoms in total. The van der Waals surface area contributed by atoms with Crippen LogP contribution in [0, 0.1) is 0 Å². The van der Waals surface area contributed by atoms with Gasteiger partial charge in [0, 0.05) is 5.56 Å². The Morgan fingerprint density at radius 3 is 1.53 bits per heavy atom. The molecule has 1 N–H and O–H groups in total. The van der Waals surface area contributed by atoms with Crippen LogP contribution in [0.2, 0.25) is 0 Å². The van der Waals surface area contributed by atoms with Crippen molar-refractivity contribution in [3.63, 3.8) is 0 Å². The van der Waals surface area contributed by atoms with E-state index in [0.29, 0.717) is 11.4 Å². The molecule has 288 valence electrons. The standard InChI is InChI=1S/C46H35N3O9/c50-43(30-16-5-1-6-17-30)54-28-36-37(56-44(51)31-18-7-2-8-19-31)38(57-45(52)32-20-9-3-10-21-32)39(58-46(53)33-22-11-4-12-23-33)40(55-36)42-47-41(48-49-42)35-26-25-29-15-13-14-24-34(29)27-35/h1-27,36-40H,28H2,(H,47,48,49)/t36-,37-,38+,39-,40-/m1/s1. The molecule has 6 aromatic carbocycles. The highest BCUT2D eigenvalue weighted by molar-refractivity contribution is 5.92. The molecule has 58 heavy (non-hydrogen) atoms. The summed E-state index contributed by atoms with van der Waals surface area (Å²) in [5.41, 5.74) is 1.51. The van der Waals surface area contributed by atoms with Crippen molar-refractivity contribution in [1.82, 2.24) is 15.2 Å². The number of nitrogens with zero attached hydrogens (tertiary/aromatic N) is 2. The summed E-state index contributed by atoms with van der Waals surface area (Å²) in [6, 6.07) is 46.5. The topological polar surface area (TPSA) is 156 Å². The molecule has 0 saturated carbocycles. The lowest BCUT2D eigenvalue weighted by Crippen LogP contribution is -2.60. The summed E-state index contributed by atoms with van der Waals surface area (Å²) in [7, 11) is 0. The maximum absolute atomic E-state index is 13.9. The first-order valence-electron chi connectivity index (χ1n) is 18.5. The highest BCUT2D eigenvalue weighted by Gasteiger charge is 2.54. The number of hydrogen-bond donors (Lipinski definition) is 1. The summed E-state index contributed by atoms with van der Waals surface area (Å²) < 4.78 is 30.9. The molecule has 0 amide bonds. The van der Waals surface area contributed by atoms with Crippen LogP contribution < -0.4 is 0 Å². The zero-order valence-corrected chi connectivity index (χ0v) is 30.8. The molecule has 0 spiro atoms. The monoisotopic (exact) mass is 773 g/mol. The number of rotatable bonds is 11. The maximum Gasteiger partial charge on any atom is 0.338 e. The van der Waals surface area contributed by atoms with Crippen LogP contribution in [0.3, 0.4) is 0 Å². The van der Waals surface area contributed by atoms with Gasteiger partial charge in [-0.1, -0.05) is 109 Å². The lowest BCUT2D eigenvalue weighted by atomic mass is 9.93. The van der Waals surface area contributed by atoms with Crippen molar-refractivity contribution in [1.29, 1.82) is 0 Å². The molecular formula is C46H35N3O9. The number of nitrogens with one attached hydrogen (secondary N) is 1. The van der Waals surface area contributed by atoms with Gasteiger partial charge >= 0.3 is 23.9 Å². The highest BCUT2D eigenvalue weighted by atomic mass is 16.7. The van der Waals surface area contributed by atoms with Gasteiger partial charge in [-0.25, -0.2) is 24.2 Å². The van der Waals surface area contributed by atoms with Crippen molar-refractivity contribution in [3.8, 4) is 11.4 Å². The van der Waals surface area contributed by atoms with E-state index in [1.165, 1.54) is 0 Å². The minimum absolute atomic E-state index is 0.0991. The molecule has 0 aliphatic carbocycles. The Kier molecular flexibility index (Phi) is 11.1. The lowest BCUT2D eigenvalue weighted by molar-refractivity contribution is -0.233. The minimum Gasteiger partial charge on any atom is -0.459 e. The molecule has 7 aromatic rings. The Hall–Kier alpha value is -7.44. The van der Waals surface area contributed by atoms with E-state index in [4.69, 9.17) is 28.7 Å². The first-order valence-corrected chi connectivity index (χ1v) is 18.5. The van der Waals surface area contributed by atoms with Gasteiger partial charge in [-0.15, -0.1) is 0 Å². The predicted molar refractivity (Wildman–Crippen MR) is 211 cm³/mol. The fourth-order valence-electron chi connectivity index (χ4n) is 6.65. The third kappa shape index (κ3) is 8.37. The van der Waals surface area contributed by atoms with Crippen molar-refractivity contribution < 1.29 is 42.9 Å². The van der Waals surface area contributed by atoms with E-state index < -0.39 is 61.0 Å². The molecule has 12 heteroatoms. The van der Waals surface area contributed by atoms with Crippen LogP contribution in [0.1, 0.15) is 53.4 Å². The van der Waals surface area contributed by atoms with Gasteiger partial charge in [0.1, 0.15) is 12.7 Å². The molecule has 1 fully saturated rings. The van der Waals surface area contributed by atoms with Gasteiger partial charge in [-0.2, -0.15) is 5.10 Å². The number of aromatic nitrogens is 3. The average Bonchev–Trinajstić information content (AvgIpc) is 3.78. The second kappa shape index (κ2) is 17.1. The molecule has 1 aliphatic heterocycles. The molecule has 8 rings (SSSR count). The smallest absolute Gasteiger partial charge is 0.338 e. The SMILES string of the molecule is O=C(OC[C@H]1O[C@@H](c2nc(-c3ccc4ccccc4c3)n[nH]2)[C@H](OC(=O)c2ccccc2)[C@@H](OC(=O)c2ccccc2)[C@@H]1OC(=O)c1ccccc1)c1ccccc1. The summed E-state index contributed by atoms with van der Waals surface area (Å²) in [6.07, 6.45) is -7.14. The number of ether oxygens (including phenoxy) is 5. The van der Waals surface area contributed by atoms with Crippen LogP contribution in [0.15, 0.2) is 164 Å². The number of esters is 4. The normalized spacial score (nSPS) is 18.8. The predicted octanol–water partition coefficient (Wildman–Crippen LogP) is 7.60. The van der Waals surface area contributed by atoms with E-state index in [9.17, 15) is 19.2 Å². The summed E-state index contributed by atoms with van der Waals surface area (Å²) >= 11 is 0. The van der Waals surface area contributed by atoms with Crippen molar-refractivity contribution in [2.45, 2.75) is 30.5 Å². The van der Waals surface area contributed by atoms with Crippen LogP contribution in [0.25, 0.3) is 22.2 Å². The van der Waals surface area contributed by atoms with Crippen LogP contribution >= 0.6 is 0 Å². The molecule has 0 bridgehead atoms. The van der Waals surface area contributed by atoms with Gasteiger partial charge in [0.25, 0.3) is 0 Å². The molecular weight excluding hydrogens is 739 g/mol. The lowest BCUT2D eigenvalue weighted by Gasteiger charge is -2.44. The Morgan fingerprint density at radius 2 is 0.983 bits per heavy atom. The molecule has 2 heterocycles. The van der Waals surface area contributed by atoms with Crippen molar-refractivity contribution in [2.24, 2.45) is 0 Å². The van der Waals surface area contributed by atoms with Gasteiger partial charge in [0.05, 0.1) is 22.3 Å². The highest BCUT2D eigenvalue weighted by Crippen LogP contribution is 2.38. The maximum atomic E-state index is 13.9. The molecule has 1 aliphatic rings. The van der Waals surface area contributed by atoms with E-state index in [1.807, 2.05) is 42.5 Å². The van der Waals surface area contributed by atoms with Gasteiger partial charge in [-0.05, 0) is 65.4 Å². The molecule has 5 atom stereocenters. The number of benzene rings is 6. The largest absolute Gasteiger partial charge is 0.459 e. The number of aromatic amines is 1. The molecule has 0 unspecified atom stereocenters. The van der Waals surface area contributed by atoms with Gasteiger partial charge < -0.3 is 23.7 Å². The average molecular weight is 774 g/mol. The zero-order chi connectivity index (χ0) is 39.8. The van der Waals surface area contributed by atoms with E-state index in [2.05, 4.69) is 10.2 Å². The summed E-state index contributed by atoms with van der Waals surface area (Å²) in [4.78, 5) is 59.7. The van der Waals surface area contributed by atoms with Crippen molar-refractivity contribution in [3.05, 3.63) is 192 Å². The quantitative estimate of drug-likeness (QED) is 0.102. The second-order valence-electron chi connectivity index (χ2n) is 13.4. The second-order valence-corrected chi connectivity index (χ2v) is 13.4. The zero-order valence-electron chi connectivity index (χ0n) is 30.8. The summed E-state index contributed by atoms with van der Waals surface area (Å²) in [5.74, 6) is -2.65. The first-order chi connectivity index (χ1) is 28.4. The number of carbonyl (C=O) groups is 4. The molecule has 0 radical (unpaired) electrons. The van der Waals surface area contributed by atoms with Crippen LogP contribution in [-0.4, -0.2) is 70.1 Å².